The highest BCUT2D eigenvalue weighted by molar-refractivity contribution is 5.45. The molecule has 17 heavy (non-hydrogen) atoms. The molecule has 1 aromatic carbocycles. The van der Waals surface area contributed by atoms with Gasteiger partial charge in [-0.05, 0) is 25.5 Å². The van der Waals surface area contributed by atoms with Crippen molar-refractivity contribution in [1.82, 2.24) is 0 Å². The molecule has 0 aliphatic rings. The molecule has 0 aliphatic heterocycles. The number of rotatable bonds is 8. The van der Waals surface area contributed by atoms with Crippen LogP contribution in [0.2, 0.25) is 0 Å². The molecule has 0 fully saturated rings. The third-order valence-corrected chi connectivity index (χ3v) is 3.12. The number of anilines is 1. The van der Waals surface area contributed by atoms with Gasteiger partial charge in [-0.3, -0.25) is 0 Å². The van der Waals surface area contributed by atoms with Gasteiger partial charge in [-0.15, -0.1) is 0 Å². The van der Waals surface area contributed by atoms with Crippen molar-refractivity contribution in [2.24, 2.45) is 5.84 Å². The van der Waals surface area contributed by atoms with E-state index in [0.29, 0.717) is 0 Å². The van der Waals surface area contributed by atoms with Gasteiger partial charge in [-0.25, -0.2) is 5.84 Å². The topological polar surface area (TPSA) is 29.3 Å². The van der Waals surface area contributed by atoms with Gasteiger partial charge in [0.05, 0.1) is 5.69 Å². The highest BCUT2D eigenvalue weighted by atomic mass is 15.4. The standard InChI is InChI=1S/C15H26N2/c1-3-4-5-6-7-8-13-17(16)15-11-9-14(2)10-12-15/h9-12H,3-8,13,16H2,1-2H3. The van der Waals surface area contributed by atoms with E-state index in [4.69, 9.17) is 5.84 Å². The van der Waals surface area contributed by atoms with E-state index in [1.165, 1.54) is 44.1 Å². The van der Waals surface area contributed by atoms with Crippen molar-refractivity contribution in [2.75, 3.05) is 11.6 Å². The number of benzene rings is 1. The first kappa shape index (κ1) is 14.0. The molecule has 0 saturated heterocycles. The van der Waals surface area contributed by atoms with Crippen LogP contribution < -0.4 is 10.9 Å². The number of hydrogen-bond acceptors (Lipinski definition) is 2. The Morgan fingerprint density at radius 1 is 0.941 bits per heavy atom. The van der Waals surface area contributed by atoms with Crippen molar-refractivity contribution in [2.45, 2.75) is 52.4 Å². The van der Waals surface area contributed by atoms with E-state index in [-0.39, 0.29) is 0 Å². The molecule has 0 aliphatic carbocycles. The van der Waals surface area contributed by atoms with Crippen LogP contribution in [0.25, 0.3) is 0 Å². The predicted octanol–water partition coefficient (Wildman–Crippen LogP) is 4.04. The van der Waals surface area contributed by atoms with E-state index in [9.17, 15) is 0 Å². The summed E-state index contributed by atoms with van der Waals surface area (Å²) in [6.07, 6.45) is 7.87. The molecule has 0 unspecified atom stereocenters. The van der Waals surface area contributed by atoms with Crippen LogP contribution in [0.3, 0.4) is 0 Å². The number of unbranched alkanes of at least 4 members (excludes halogenated alkanes) is 5. The molecule has 2 nitrogen and oxygen atoms in total. The molecule has 96 valence electrons. The zero-order valence-corrected chi connectivity index (χ0v) is 11.3. The van der Waals surface area contributed by atoms with E-state index >= 15 is 0 Å². The third-order valence-electron chi connectivity index (χ3n) is 3.12. The van der Waals surface area contributed by atoms with E-state index in [0.717, 1.165) is 12.2 Å². The molecule has 0 bridgehead atoms. The average molecular weight is 234 g/mol. The zero-order valence-electron chi connectivity index (χ0n) is 11.3. The average Bonchev–Trinajstić information content (AvgIpc) is 2.34. The smallest absolute Gasteiger partial charge is 0.0517 e. The summed E-state index contributed by atoms with van der Waals surface area (Å²) in [5.74, 6) is 6.02. The van der Waals surface area contributed by atoms with E-state index in [1.807, 2.05) is 5.01 Å². The van der Waals surface area contributed by atoms with Gasteiger partial charge in [0.2, 0.25) is 0 Å². The van der Waals surface area contributed by atoms with Crippen molar-refractivity contribution >= 4 is 5.69 Å². The molecule has 0 saturated carbocycles. The highest BCUT2D eigenvalue weighted by Gasteiger charge is 2.00. The van der Waals surface area contributed by atoms with Gasteiger partial charge in [0, 0.05) is 6.54 Å². The Morgan fingerprint density at radius 3 is 2.18 bits per heavy atom. The Morgan fingerprint density at radius 2 is 1.53 bits per heavy atom. The minimum atomic E-state index is 0.954. The fourth-order valence-electron chi connectivity index (χ4n) is 1.93. The summed E-state index contributed by atoms with van der Waals surface area (Å²) < 4.78 is 0. The first-order valence-electron chi connectivity index (χ1n) is 6.83. The minimum absolute atomic E-state index is 0.954. The van der Waals surface area contributed by atoms with Gasteiger partial charge in [-0.2, -0.15) is 0 Å². The molecule has 2 N–H and O–H groups in total. The fourth-order valence-corrected chi connectivity index (χ4v) is 1.93. The lowest BCUT2D eigenvalue weighted by molar-refractivity contribution is 0.601. The molecule has 1 aromatic rings. The van der Waals surface area contributed by atoms with Crippen molar-refractivity contribution in [3.63, 3.8) is 0 Å². The molecule has 2 heteroatoms. The van der Waals surface area contributed by atoms with Crippen LogP contribution in [0.15, 0.2) is 24.3 Å². The van der Waals surface area contributed by atoms with Crippen LogP contribution in [-0.4, -0.2) is 6.54 Å². The van der Waals surface area contributed by atoms with Gasteiger partial charge in [-0.1, -0.05) is 56.7 Å². The number of hydrogen-bond donors (Lipinski definition) is 1. The fraction of sp³-hybridized carbons (Fsp3) is 0.600. The summed E-state index contributed by atoms with van der Waals surface area (Å²) in [6.45, 7) is 5.30. The van der Waals surface area contributed by atoms with Crippen LogP contribution in [0, 0.1) is 6.92 Å². The summed E-state index contributed by atoms with van der Waals surface area (Å²) in [4.78, 5) is 0. The lowest BCUT2D eigenvalue weighted by Gasteiger charge is -2.18. The SMILES string of the molecule is CCCCCCCCN(N)c1ccc(C)cc1. The summed E-state index contributed by atoms with van der Waals surface area (Å²) in [5.41, 5.74) is 2.39. The second kappa shape index (κ2) is 8.13. The lowest BCUT2D eigenvalue weighted by Crippen LogP contribution is -2.31. The molecule has 0 aromatic heterocycles. The van der Waals surface area contributed by atoms with Crippen LogP contribution in [0.5, 0.6) is 0 Å². The van der Waals surface area contributed by atoms with Gasteiger partial charge >= 0.3 is 0 Å². The maximum atomic E-state index is 6.02. The zero-order chi connectivity index (χ0) is 12.5. The monoisotopic (exact) mass is 234 g/mol. The van der Waals surface area contributed by atoms with Crippen molar-refractivity contribution < 1.29 is 0 Å². The Labute approximate surface area is 106 Å². The molecule has 0 spiro atoms. The van der Waals surface area contributed by atoms with Gasteiger partial charge in [0.15, 0.2) is 0 Å². The maximum Gasteiger partial charge on any atom is 0.0517 e. The molecule has 0 amide bonds. The van der Waals surface area contributed by atoms with E-state index in [2.05, 4.69) is 38.1 Å². The summed E-state index contributed by atoms with van der Waals surface area (Å²) >= 11 is 0. The summed E-state index contributed by atoms with van der Waals surface area (Å²) in [7, 11) is 0. The van der Waals surface area contributed by atoms with E-state index < -0.39 is 0 Å². The van der Waals surface area contributed by atoms with Crippen molar-refractivity contribution in [1.29, 1.82) is 0 Å². The second-order valence-electron chi connectivity index (χ2n) is 4.80. The molecular weight excluding hydrogens is 208 g/mol. The minimum Gasteiger partial charge on any atom is -0.311 e. The number of nitrogens with zero attached hydrogens (tertiary/aromatic N) is 1. The van der Waals surface area contributed by atoms with Crippen LogP contribution >= 0.6 is 0 Å². The molecule has 0 atom stereocenters. The van der Waals surface area contributed by atoms with Crippen molar-refractivity contribution in [3.8, 4) is 0 Å². The maximum absolute atomic E-state index is 6.02. The highest BCUT2D eigenvalue weighted by Crippen LogP contribution is 2.13. The van der Waals surface area contributed by atoms with Gasteiger partial charge < -0.3 is 5.01 Å². The first-order valence-corrected chi connectivity index (χ1v) is 6.83. The van der Waals surface area contributed by atoms with Crippen LogP contribution in [0.1, 0.15) is 51.0 Å². The van der Waals surface area contributed by atoms with Gasteiger partial charge in [0.25, 0.3) is 0 Å². The van der Waals surface area contributed by atoms with Crippen LogP contribution in [-0.2, 0) is 0 Å². The molecule has 1 rings (SSSR count). The first-order chi connectivity index (χ1) is 8.24. The van der Waals surface area contributed by atoms with Gasteiger partial charge in [0.1, 0.15) is 0 Å². The number of nitrogens with two attached hydrogens (primary N) is 1. The Bertz CT molecular complexity index is 292. The summed E-state index contributed by atoms with van der Waals surface area (Å²) in [6, 6.07) is 8.39. The van der Waals surface area contributed by atoms with Crippen LogP contribution in [0.4, 0.5) is 5.69 Å². The largest absolute Gasteiger partial charge is 0.311 e. The Balaban J connectivity index is 2.16. The van der Waals surface area contributed by atoms with Crippen molar-refractivity contribution in [3.05, 3.63) is 29.8 Å². The summed E-state index contributed by atoms with van der Waals surface area (Å²) in [5, 5.41) is 1.86. The number of hydrazine groups is 1. The predicted molar refractivity (Wildman–Crippen MR) is 76.1 cm³/mol. The van der Waals surface area contributed by atoms with E-state index in [1.54, 1.807) is 0 Å². The molecular formula is C15H26N2. The molecule has 0 heterocycles. The second-order valence-corrected chi connectivity index (χ2v) is 4.80. The quantitative estimate of drug-likeness (QED) is 0.418. The lowest BCUT2D eigenvalue weighted by atomic mass is 10.1. The third kappa shape index (κ3) is 5.73. The Kier molecular flexibility index (Phi) is 6.71. The molecule has 0 radical (unpaired) electrons. The Hall–Kier alpha value is -1.02. The number of aryl methyl sites for hydroxylation is 1. The normalized spacial score (nSPS) is 10.5.